The smallest absolute Gasteiger partial charge is 0.222 e. The number of rotatable bonds is 6. The molecule has 1 aromatic carbocycles. The van der Waals surface area contributed by atoms with Gasteiger partial charge in [0.15, 0.2) is 0 Å². The van der Waals surface area contributed by atoms with Crippen LogP contribution in [0, 0.1) is 18.8 Å². The average Bonchev–Trinajstić information content (AvgIpc) is 3.32. The minimum atomic E-state index is 0.387. The molecule has 1 aliphatic carbocycles. The largest absolute Gasteiger partial charge is 0.342 e. The van der Waals surface area contributed by atoms with Crippen molar-refractivity contribution in [1.82, 2.24) is 14.5 Å². The van der Waals surface area contributed by atoms with Crippen molar-refractivity contribution in [3.8, 4) is 0 Å². The van der Waals surface area contributed by atoms with E-state index in [1.165, 1.54) is 43.4 Å². The van der Waals surface area contributed by atoms with Crippen molar-refractivity contribution in [2.24, 2.45) is 11.8 Å². The molecule has 2 heterocycles. The van der Waals surface area contributed by atoms with Gasteiger partial charge in [-0.25, -0.2) is 4.98 Å². The van der Waals surface area contributed by atoms with Gasteiger partial charge in [0, 0.05) is 44.4 Å². The summed E-state index contributed by atoms with van der Waals surface area (Å²) in [6.45, 7) is 4.84. The van der Waals surface area contributed by atoms with E-state index in [0.29, 0.717) is 17.7 Å². The number of aromatic nitrogens is 2. The van der Waals surface area contributed by atoms with Crippen molar-refractivity contribution in [3.63, 3.8) is 0 Å². The highest BCUT2D eigenvalue weighted by Crippen LogP contribution is 2.28. The summed E-state index contributed by atoms with van der Waals surface area (Å²) in [5, 5.41) is 0. The molecule has 1 atom stereocenters. The van der Waals surface area contributed by atoms with Crippen LogP contribution in [-0.2, 0) is 17.8 Å². The predicted molar refractivity (Wildman–Crippen MR) is 112 cm³/mol. The first kappa shape index (κ1) is 19.2. The fourth-order valence-electron chi connectivity index (χ4n) is 4.91. The van der Waals surface area contributed by atoms with E-state index < -0.39 is 0 Å². The third kappa shape index (κ3) is 4.65. The highest BCUT2D eigenvalue weighted by Gasteiger charge is 2.29. The normalized spacial score (nSPS) is 20.6. The van der Waals surface area contributed by atoms with Gasteiger partial charge in [-0.2, -0.15) is 0 Å². The van der Waals surface area contributed by atoms with Gasteiger partial charge in [0.05, 0.1) is 0 Å². The molecule has 2 fully saturated rings. The van der Waals surface area contributed by atoms with Crippen LogP contribution >= 0.6 is 0 Å². The number of likely N-dealkylation sites (tertiary alicyclic amines) is 1. The highest BCUT2D eigenvalue weighted by atomic mass is 16.2. The van der Waals surface area contributed by atoms with Crippen LogP contribution in [0.5, 0.6) is 0 Å². The zero-order chi connectivity index (χ0) is 19.3. The summed E-state index contributed by atoms with van der Waals surface area (Å²) in [7, 11) is 0. The van der Waals surface area contributed by atoms with Crippen LogP contribution in [0.3, 0.4) is 0 Å². The summed E-state index contributed by atoms with van der Waals surface area (Å²) in [4.78, 5) is 19.5. The summed E-state index contributed by atoms with van der Waals surface area (Å²) in [6.07, 6.45) is 11.3. The zero-order valence-corrected chi connectivity index (χ0v) is 17.1. The maximum Gasteiger partial charge on any atom is 0.222 e. The summed E-state index contributed by atoms with van der Waals surface area (Å²) >= 11 is 0. The molecular formula is C24H33N3O. The SMILES string of the molecule is Cc1cnc(CC2CCN(C(=O)CC3CCCCC3)C2)n1Cc1ccccc1. The second kappa shape index (κ2) is 8.93. The van der Waals surface area contributed by atoms with Crippen molar-refractivity contribution >= 4 is 5.91 Å². The fraction of sp³-hybridized carbons (Fsp3) is 0.583. The van der Waals surface area contributed by atoms with Gasteiger partial charge in [0.2, 0.25) is 5.91 Å². The molecule has 0 radical (unpaired) electrons. The van der Waals surface area contributed by atoms with Gasteiger partial charge < -0.3 is 9.47 Å². The molecule has 0 spiro atoms. The molecule has 1 saturated heterocycles. The number of hydrogen-bond acceptors (Lipinski definition) is 2. The van der Waals surface area contributed by atoms with Crippen LogP contribution in [0.15, 0.2) is 36.5 Å². The number of aryl methyl sites for hydroxylation is 1. The van der Waals surface area contributed by atoms with Gasteiger partial charge in [-0.3, -0.25) is 4.79 Å². The van der Waals surface area contributed by atoms with E-state index in [0.717, 1.165) is 44.7 Å². The van der Waals surface area contributed by atoms with Crippen LogP contribution in [0.4, 0.5) is 0 Å². The van der Waals surface area contributed by atoms with E-state index in [9.17, 15) is 4.79 Å². The molecular weight excluding hydrogens is 346 g/mol. The molecule has 150 valence electrons. The van der Waals surface area contributed by atoms with E-state index >= 15 is 0 Å². The lowest BCUT2D eigenvalue weighted by Crippen LogP contribution is -2.31. The number of carbonyl (C=O) groups is 1. The third-order valence-electron chi connectivity index (χ3n) is 6.62. The quantitative estimate of drug-likeness (QED) is 0.735. The van der Waals surface area contributed by atoms with Crippen LogP contribution < -0.4 is 0 Å². The average molecular weight is 380 g/mol. The van der Waals surface area contributed by atoms with Gasteiger partial charge in [-0.15, -0.1) is 0 Å². The second-order valence-electron chi connectivity index (χ2n) is 8.79. The predicted octanol–water partition coefficient (Wildman–Crippen LogP) is 4.60. The molecule has 1 aromatic heterocycles. The molecule has 1 aliphatic heterocycles. The maximum atomic E-state index is 12.7. The molecule has 2 aliphatic rings. The standard InChI is InChI=1S/C24H33N3O/c1-19-16-25-23(27(19)18-21-10-6-3-7-11-21)14-22-12-13-26(17-22)24(28)15-20-8-4-2-5-9-20/h3,6-7,10-11,16,20,22H,2,4-5,8-9,12-15,17-18H2,1H3. The van der Waals surface area contributed by atoms with Gasteiger partial charge in [0.25, 0.3) is 0 Å². The van der Waals surface area contributed by atoms with E-state index in [1.807, 2.05) is 6.20 Å². The van der Waals surface area contributed by atoms with E-state index in [4.69, 9.17) is 4.98 Å². The Labute approximate surface area is 169 Å². The first-order chi connectivity index (χ1) is 13.7. The minimum Gasteiger partial charge on any atom is -0.342 e. The number of amides is 1. The molecule has 28 heavy (non-hydrogen) atoms. The van der Waals surface area contributed by atoms with Crippen LogP contribution in [-0.4, -0.2) is 33.4 Å². The van der Waals surface area contributed by atoms with Crippen molar-refractivity contribution in [1.29, 1.82) is 0 Å². The fourth-order valence-corrected chi connectivity index (χ4v) is 4.91. The number of imidazole rings is 1. The Kier molecular flexibility index (Phi) is 6.13. The molecule has 1 unspecified atom stereocenters. The van der Waals surface area contributed by atoms with Crippen molar-refractivity contribution in [3.05, 3.63) is 53.6 Å². The van der Waals surface area contributed by atoms with Crippen molar-refractivity contribution < 1.29 is 4.79 Å². The first-order valence-corrected chi connectivity index (χ1v) is 11.0. The van der Waals surface area contributed by atoms with Crippen LogP contribution in [0.1, 0.15) is 62.0 Å². The molecule has 4 heteroatoms. The molecule has 1 amide bonds. The lowest BCUT2D eigenvalue weighted by atomic mass is 9.87. The van der Waals surface area contributed by atoms with Gasteiger partial charge in [-0.05, 0) is 43.6 Å². The van der Waals surface area contributed by atoms with Crippen molar-refractivity contribution in [2.45, 2.75) is 64.8 Å². The monoisotopic (exact) mass is 379 g/mol. The summed E-state index contributed by atoms with van der Waals surface area (Å²) in [5.74, 6) is 2.71. The number of nitrogens with zero attached hydrogens (tertiary/aromatic N) is 3. The maximum absolute atomic E-state index is 12.7. The topological polar surface area (TPSA) is 38.1 Å². The van der Waals surface area contributed by atoms with Gasteiger partial charge in [0.1, 0.15) is 5.82 Å². The Balaban J connectivity index is 1.33. The zero-order valence-electron chi connectivity index (χ0n) is 17.1. The van der Waals surface area contributed by atoms with E-state index in [2.05, 4.69) is 46.7 Å². The molecule has 2 aromatic rings. The van der Waals surface area contributed by atoms with E-state index in [1.54, 1.807) is 0 Å². The third-order valence-corrected chi connectivity index (χ3v) is 6.62. The molecule has 4 nitrogen and oxygen atoms in total. The first-order valence-electron chi connectivity index (χ1n) is 11.0. The lowest BCUT2D eigenvalue weighted by molar-refractivity contribution is -0.131. The Morgan fingerprint density at radius 1 is 1.07 bits per heavy atom. The lowest BCUT2D eigenvalue weighted by Gasteiger charge is -2.24. The van der Waals surface area contributed by atoms with Crippen LogP contribution in [0.2, 0.25) is 0 Å². The second-order valence-corrected chi connectivity index (χ2v) is 8.79. The van der Waals surface area contributed by atoms with Gasteiger partial charge in [-0.1, -0.05) is 49.6 Å². The Bertz CT molecular complexity index is 776. The Morgan fingerprint density at radius 2 is 1.86 bits per heavy atom. The number of hydrogen-bond donors (Lipinski definition) is 0. The molecule has 0 N–H and O–H groups in total. The number of benzene rings is 1. The minimum absolute atomic E-state index is 0.387. The summed E-state index contributed by atoms with van der Waals surface area (Å²) < 4.78 is 2.34. The van der Waals surface area contributed by atoms with E-state index in [-0.39, 0.29) is 0 Å². The highest BCUT2D eigenvalue weighted by molar-refractivity contribution is 5.76. The molecule has 4 rings (SSSR count). The van der Waals surface area contributed by atoms with Crippen molar-refractivity contribution in [2.75, 3.05) is 13.1 Å². The van der Waals surface area contributed by atoms with Gasteiger partial charge >= 0.3 is 0 Å². The molecule has 0 bridgehead atoms. The number of carbonyl (C=O) groups excluding carboxylic acids is 1. The molecule has 1 saturated carbocycles. The summed E-state index contributed by atoms with van der Waals surface area (Å²) in [5.41, 5.74) is 2.52. The summed E-state index contributed by atoms with van der Waals surface area (Å²) in [6, 6.07) is 10.6. The Hall–Kier alpha value is -2.10. The van der Waals surface area contributed by atoms with Crippen LogP contribution in [0.25, 0.3) is 0 Å². The Morgan fingerprint density at radius 3 is 2.64 bits per heavy atom.